The van der Waals surface area contributed by atoms with Crippen LogP contribution in [0.3, 0.4) is 0 Å². The van der Waals surface area contributed by atoms with Gasteiger partial charge in [0.25, 0.3) is 11.4 Å². The van der Waals surface area contributed by atoms with Crippen LogP contribution in [0.4, 0.5) is 11.4 Å². The zero-order valence-electron chi connectivity index (χ0n) is 21.8. The molecule has 2 heterocycles. The first kappa shape index (κ1) is 27.1. The molecule has 0 radical (unpaired) electrons. The first-order chi connectivity index (χ1) is 18.8. The van der Waals surface area contributed by atoms with Crippen molar-refractivity contribution in [1.29, 1.82) is 0 Å². The Morgan fingerprint density at radius 3 is 1.26 bits per heavy atom. The lowest BCUT2D eigenvalue weighted by atomic mass is 9.88. The normalized spacial score (nSPS) is 13.0. The summed E-state index contributed by atoms with van der Waals surface area (Å²) in [7, 11) is 0. The summed E-state index contributed by atoms with van der Waals surface area (Å²) in [5.41, 5.74) is 4.48. The van der Waals surface area contributed by atoms with Crippen LogP contribution in [-0.4, -0.2) is 9.85 Å². The molecular weight excluding hydrogens is 492 g/mol. The Hall–Kier alpha value is -4.98. The quantitative estimate of drug-likeness (QED) is 0.133. The number of nitro benzene ring substituents is 2. The van der Waals surface area contributed by atoms with Crippen LogP contribution in [0.2, 0.25) is 0 Å². The highest BCUT2D eigenvalue weighted by atomic mass is 16.6. The van der Waals surface area contributed by atoms with Crippen molar-refractivity contribution in [1.82, 2.24) is 0 Å². The Kier molecular flexibility index (Phi) is 8.68. The summed E-state index contributed by atoms with van der Waals surface area (Å²) in [6.45, 7) is 4.47. The minimum atomic E-state index is -0.402. The van der Waals surface area contributed by atoms with Gasteiger partial charge in [-0.15, -0.1) is 0 Å². The zero-order chi connectivity index (χ0) is 27.8. The lowest BCUT2D eigenvalue weighted by Gasteiger charge is -2.17. The maximum atomic E-state index is 10.8. The highest BCUT2D eigenvalue weighted by molar-refractivity contribution is 5.59. The number of nitro groups is 2. The monoisotopic (exact) mass is 522 g/mol. The first-order valence-corrected chi connectivity index (χ1v) is 12.7. The molecule has 0 aliphatic rings. The third-order valence-corrected chi connectivity index (χ3v) is 6.69. The van der Waals surface area contributed by atoms with Crippen molar-refractivity contribution in [2.24, 2.45) is 0 Å². The standard InChI is InChI=1S/C31H30N4O4/c1-24(28-13-19-32(20-14-28)17-11-26-3-7-30(8-4-26)34(36)37)23-25(2)29-15-21-33(22-16-29)18-12-27-5-9-31(10-6-27)35(38)39/h3-22,24-25H,23H2,1-2H3/q+2/b17-11+,18-12+. The van der Waals surface area contributed by atoms with E-state index in [1.165, 1.54) is 35.4 Å². The Morgan fingerprint density at radius 2 is 0.949 bits per heavy atom. The minimum absolute atomic E-state index is 0.0820. The molecule has 2 atom stereocenters. The Balaban J connectivity index is 1.31. The molecule has 2 aromatic heterocycles. The molecule has 0 N–H and O–H groups in total. The van der Waals surface area contributed by atoms with Crippen LogP contribution < -0.4 is 9.13 Å². The molecule has 196 valence electrons. The molecule has 0 aliphatic carbocycles. The summed E-state index contributed by atoms with van der Waals surface area (Å²) in [6.07, 6.45) is 16.7. The summed E-state index contributed by atoms with van der Waals surface area (Å²) in [4.78, 5) is 20.8. The fraction of sp³-hybridized carbons (Fsp3) is 0.161. The number of nitrogens with zero attached hydrogens (tertiary/aromatic N) is 4. The van der Waals surface area contributed by atoms with Crippen LogP contribution in [0.25, 0.3) is 24.6 Å². The van der Waals surface area contributed by atoms with Crippen molar-refractivity contribution in [2.75, 3.05) is 0 Å². The first-order valence-electron chi connectivity index (χ1n) is 12.7. The second-order valence-electron chi connectivity index (χ2n) is 9.52. The Bertz CT molecular complexity index is 1360. The molecule has 4 rings (SSSR count). The van der Waals surface area contributed by atoms with Crippen molar-refractivity contribution in [3.8, 4) is 0 Å². The number of benzene rings is 2. The van der Waals surface area contributed by atoms with E-state index in [1.807, 2.05) is 58.5 Å². The second kappa shape index (κ2) is 12.5. The van der Waals surface area contributed by atoms with Gasteiger partial charge < -0.3 is 0 Å². The molecule has 4 aromatic rings. The molecule has 0 fully saturated rings. The van der Waals surface area contributed by atoms with E-state index in [0.29, 0.717) is 11.8 Å². The van der Waals surface area contributed by atoms with Crippen LogP contribution in [-0.2, 0) is 0 Å². The van der Waals surface area contributed by atoms with Crippen molar-refractivity contribution in [2.45, 2.75) is 32.1 Å². The maximum Gasteiger partial charge on any atom is 0.269 e. The van der Waals surface area contributed by atoms with E-state index in [9.17, 15) is 20.2 Å². The summed E-state index contributed by atoms with van der Waals surface area (Å²) in [6, 6.07) is 21.4. The molecule has 2 unspecified atom stereocenters. The van der Waals surface area contributed by atoms with Gasteiger partial charge in [-0.3, -0.25) is 20.2 Å². The number of rotatable bonds is 10. The molecule has 8 nitrogen and oxygen atoms in total. The molecule has 39 heavy (non-hydrogen) atoms. The highest BCUT2D eigenvalue weighted by Crippen LogP contribution is 2.28. The fourth-order valence-corrected chi connectivity index (χ4v) is 4.32. The van der Waals surface area contributed by atoms with E-state index in [0.717, 1.165) is 17.5 Å². The molecule has 0 bridgehead atoms. The van der Waals surface area contributed by atoms with Gasteiger partial charge in [0.2, 0.25) is 0 Å². The van der Waals surface area contributed by atoms with Crippen LogP contribution in [0.1, 0.15) is 54.4 Å². The average molecular weight is 523 g/mol. The maximum absolute atomic E-state index is 10.8. The Labute approximate surface area is 227 Å². The summed E-state index contributed by atoms with van der Waals surface area (Å²) >= 11 is 0. The van der Waals surface area contributed by atoms with Gasteiger partial charge in [-0.25, -0.2) is 0 Å². The summed E-state index contributed by atoms with van der Waals surface area (Å²) in [5, 5.41) is 21.6. The predicted molar refractivity (Wildman–Crippen MR) is 151 cm³/mol. The van der Waals surface area contributed by atoms with E-state index in [2.05, 4.69) is 38.1 Å². The number of pyridine rings is 2. The summed E-state index contributed by atoms with van der Waals surface area (Å²) in [5.74, 6) is 0.755. The van der Waals surface area contributed by atoms with Crippen molar-refractivity contribution >= 4 is 35.9 Å². The molecule has 8 heteroatoms. The minimum Gasteiger partial charge on any atom is -0.258 e. The van der Waals surface area contributed by atoms with Crippen LogP contribution >= 0.6 is 0 Å². The molecule has 0 spiro atoms. The fourth-order valence-electron chi connectivity index (χ4n) is 4.32. The zero-order valence-corrected chi connectivity index (χ0v) is 21.8. The van der Waals surface area contributed by atoms with E-state index in [1.54, 1.807) is 24.3 Å². The van der Waals surface area contributed by atoms with Crippen LogP contribution in [0, 0.1) is 20.2 Å². The lowest BCUT2D eigenvalue weighted by Crippen LogP contribution is -2.24. The topological polar surface area (TPSA) is 94.0 Å². The van der Waals surface area contributed by atoms with Gasteiger partial charge in [-0.05, 0) is 64.8 Å². The molecule has 0 amide bonds. The molecule has 0 saturated heterocycles. The van der Waals surface area contributed by atoms with Gasteiger partial charge >= 0.3 is 0 Å². The number of non-ortho nitro benzene ring substituents is 2. The average Bonchev–Trinajstić information content (AvgIpc) is 2.96. The second-order valence-corrected chi connectivity index (χ2v) is 9.52. The highest BCUT2D eigenvalue weighted by Gasteiger charge is 2.15. The van der Waals surface area contributed by atoms with Gasteiger partial charge in [-0.2, -0.15) is 9.13 Å². The Morgan fingerprint density at radius 1 is 0.615 bits per heavy atom. The van der Waals surface area contributed by atoms with Crippen molar-refractivity contribution in [3.05, 3.63) is 140 Å². The largest absolute Gasteiger partial charge is 0.269 e. The van der Waals surface area contributed by atoms with Gasteiger partial charge in [0, 0.05) is 60.7 Å². The SMILES string of the molecule is CC(CC(C)c1cc[n+](/C=C/c2ccc([N+](=O)[O-])cc2)cc1)c1cc[n+](/C=C/c2ccc([N+](=O)[O-])cc2)cc1. The molecular formula is C31H30N4O4+2. The van der Waals surface area contributed by atoms with E-state index in [-0.39, 0.29) is 11.4 Å². The number of hydrogen-bond acceptors (Lipinski definition) is 4. The van der Waals surface area contributed by atoms with E-state index < -0.39 is 9.85 Å². The smallest absolute Gasteiger partial charge is 0.258 e. The lowest BCUT2D eigenvalue weighted by molar-refractivity contribution is -0.567. The third-order valence-electron chi connectivity index (χ3n) is 6.69. The van der Waals surface area contributed by atoms with Crippen molar-refractivity contribution < 1.29 is 19.0 Å². The number of aromatic nitrogens is 2. The molecule has 0 aliphatic heterocycles. The van der Waals surface area contributed by atoms with Gasteiger partial charge in [0.1, 0.15) is 0 Å². The van der Waals surface area contributed by atoms with Gasteiger partial charge in [0.05, 0.1) is 9.85 Å². The van der Waals surface area contributed by atoms with Crippen molar-refractivity contribution in [3.63, 3.8) is 0 Å². The third kappa shape index (κ3) is 7.52. The molecule has 0 saturated carbocycles. The van der Waals surface area contributed by atoms with Crippen LogP contribution in [0.15, 0.2) is 97.6 Å². The van der Waals surface area contributed by atoms with Gasteiger partial charge in [-0.1, -0.05) is 13.8 Å². The van der Waals surface area contributed by atoms with Crippen LogP contribution in [0.5, 0.6) is 0 Å². The molecule has 2 aromatic carbocycles. The predicted octanol–water partition coefficient (Wildman–Crippen LogP) is 6.63. The van der Waals surface area contributed by atoms with Gasteiger partial charge in [0.15, 0.2) is 37.2 Å². The number of hydrogen-bond donors (Lipinski definition) is 0. The van der Waals surface area contributed by atoms with E-state index in [4.69, 9.17) is 0 Å². The van der Waals surface area contributed by atoms with E-state index >= 15 is 0 Å². The summed E-state index contributed by atoms with van der Waals surface area (Å²) < 4.78 is 3.92.